The summed E-state index contributed by atoms with van der Waals surface area (Å²) in [6.45, 7) is -0.0898. The van der Waals surface area contributed by atoms with E-state index < -0.39 is 17.7 Å². The molecular weight excluding hydrogens is 192 g/mol. The van der Waals surface area contributed by atoms with Crippen LogP contribution in [0, 0.1) is 11.3 Å². The maximum Gasteiger partial charge on any atom is 0.279 e. The second-order valence-electron chi connectivity index (χ2n) is 2.57. The Morgan fingerprint density at radius 1 is 1.64 bits per heavy atom. The molecule has 74 valence electrons. The smallest absolute Gasteiger partial charge is 0.279 e. The number of alkyl halides is 2. The number of rotatable bonds is 2. The number of hydrogen-bond donors (Lipinski definition) is 2. The van der Waals surface area contributed by atoms with Gasteiger partial charge >= 0.3 is 0 Å². The first-order valence-corrected chi connectivity index (χ1v) is 3.74. The minimum atomic E-state index is -2.87. The summed E-state index contributed by atoms with van der Waals surface area (Å²) >= 11 is 0. The number of nitrogens with two attached hydrogens (primary N) is 1. The van der Waals surface area contributed by atoms with Crippen molar-refractivity contribution in [2.45, 2.75) is 13.0 Å². The molecule has 0 unspecified atom stereocenters. The van der Waals surface area contributed by atoms with Gasteiger partial charge in [0, 0.05) is 12.1 Å². The molecular formula is C8H7F2N3O. The second-order valence-corrected chi connectivity index (χ2v) is 2.57. The maximum absolute atomic E-state index is 12.3. The molecule has 1 aromatic rings. The van der Waals surface area contributed by atoms with Crippen LogP contribution < -0.4 is 11.3 Å². The summed E-state index contributed by atoms with van der Waals surface area (Å²) in [6, 6.07) is 2.66. The molecule has 1 aromatic heterocycles. The Labute approximate surface area is 78.0 Å². The lowest BCUT2D eigenvalue weighted by Gasteiger charge is -2.03. The van der Waals surface area contributed by atoms with E-state index in [0.29, 0.717) is 0 Å². The van der Waals surface area contributed by atoms with Gasteiger partial charge in [0.1, 0.15) is 11.8 Å². The molecule has 0 fully saturated rings. The van der Waals surface area contributed by atoms with Crippen molar-refractivity contribution in [1.82, 2.24) is 4.98 Å². The Morgan fingerprint density at radius 3 is 2.71 bits per heavy atom. The topological polar surface area (TPSA) is 82.7 Å². The monoisotopic (exact) mass is 199 g/mol. The second kappa shape index (κ2) is 3.98. The molecule has 0 aliphatic carbocycles. The van der Waals surface area contributed by atoms with E-state index >= 15 is 0 Å². The zero-order valence-corrected chi connectivity index (χ0v) is 7.05. The molecule has 14 heavy (non-hydrogen) atoms. The Hall–Kier alpha value is -1.74. The lowest BCUT2D eigenvalue weighted by Crippen LogP contribution is -2.19. The van der Waals surface area contributed by atoms with Crippen molar-refractivity contribution in [2.75, 3.05) is 0 Å². The molecule has 0 radical (unpaired) electrons. The minimum absolute atomic E-state index is 0.0898. The Morgan fingerprint density at radius 2 is 2.29 bits per heavy atom. The number of nitrogens with zero attached hydrogens (tertiary/aromatic N) is 1. The number of aromatic nitrogens is 1. The maximum atomic E-state index is 12.3. The predicted octanol–water partition coefficient (Wildman–Crippen LogP) is 0.643. The number of nitriles is 1. The third kappa shape index (κ3) is 1.78. The van der Waals surface area contributed by atoms with Gasteiger partial charge in [-0.25, -0.2) is 8.78 Å². The number of pyridine rings is 1. The highest BCUT2D eigenvalue weighted by atomic mass is 19.3. The van der Waals surface area contributed by atoms with Crippen molar-refractivity contribution < 1.29 is 8.78 Å². The molecule has 0 aromatic carbocycles. The van der Waals surface area contributed by atoms with Crippen LogP contribution in [-0.2, 0) is 6.54 Å². The van der Waals surface area contributed by atoms with E-state index in [1.54, 1.807) is 6.07 Å². The zero-order valence-electron chi connectivity index (χ0n) is 7.05. The van der Waals surface area contributed by atoms with E-state index in [9.17, 15) is 13.6 Å². The average Bonchev–Trinajstić information content (AvgIpc) is 2.17. The summed E-state index contributed by atoms with van der Waals surface area (Å²) in [5, 5.41) is 8.53. The third-order valence-electron chi connectivity index (χ3n) is 1.71. The fourth-order valence-electron chi connectivity index (χ4n) is 1.00. The fraction of sp³-hybridized carbons (Fsp3) is 0.250. The summed E-state index contributed by atoms with van der Waals surface area (Å²) in [5.41, 5.74) is 3.71. The number of H-pyrrole nitrogens is 1. The standard InChI is InChI=1S/C8H7F2N3O/c9-7(10)6-4(2-11)1-5(3-12)8(14)13-6/h1,7H,3,12H2,(H,13,14). The van der Waals surface area contributed by atoms with Crippen molar-refractivity contribution in [2.24, 2.45) is 5.73 Å². The fourth-order valence-corrected chi connectivity index (χ4v) is 1.00. The summed E-state index contributed by atoms with van der Waals surface area (Å²) in [7, 11) is 0. The van der Waals surface area contributed by atoms with Gasteiger partial charge < -0.3 is 10.7 Å². The SMILES string of the molecule is N#Cc1cc(CN)c(=O)[nH]c1C(F)F. The zero-order chi connectivity index (χ0) is 10.7. The summed E-state index contributed by atoms with van der Waals surface area (Å²) in [6.07, 6.45) is -2.87. The number of hydrogen-bond acceptors (Lipinski definition) is 3. The molecule has 1 rings (SSSR count). The van der Waals surface area contributed by atoms with Crippen molar-refractivity contribution in [3.8, 4) is 6.07 Å². The highest BCUT2D eigenvalue weighted by Gasteiger charge is 2.15. The van der Waals surface area contributed by atoms with Gasteiger partial charge in [0.05, 0.1) is 5.56 Å². The van der Waals surface area contributed by atoms with Crippen LogP contribution in [0.5, 0.6) is 0 Å². The first-order valence-electron chi connectivity index (χ1n) is 3.74. The van der Waals surface area contributed by atoms with Gasteiger partial charge in [-0.3, -0.25) is 4.79 Å². The van der Waals surface area contributed by atoms with Crippen molar-refractivity contribution in [3.63, 3.8) is 0 Å². The largest absolute Gasteiger partial charge is 0.326 e. The van der Waals surface area contributed by atoms with Crippen LogP contribution in [0.3, 0.4) is 0 Å². The summed E-state index contributed by atoms with van der Waals surface area (Å²) < 4.78 is 24.6. The van der Waals surface area contributed by atoms with E-state index in [1.807, 2.05) is 4.98 Å². The normalized spacial score (nSPS) is 10.2. The Bertz CT molecular complexity index is 433. The molecule has 0 aliphatic heterocycles. The van der Waals surface area contributed by atoms with E-state index in [1.165, 1.54) is 0 Å². The van der Waals surface area contributed by atoms with Crippen LogP contribution in [0.2, 0.25) is 0 Å². The number of nitrogens with one attached hydrogen (secondary N) is 1. The van der Waals surface area contributed by atoms with Crippen LogP contribution in [0.25, 0.3) is 0 Å². The third-order valence-corrected chi connectivity index (χ3v) is 1.71. The minimum Gasteiger partial charge on any atom is -0.326 e. The highest BCUT2D eigenvalue weighted by Crippen LogP contribution is 2.18. The number of halogens is 2. The van der Waals surface area contributed by atoms with Gasteiger partial charge in [-0.2, -0.15) is 5.26 Å². The van der Waals surface area contributed by atoms with E-state index in [4.69, 9.17) is 11.0 Å². The molecule has 0 saturated heterocycles. The van der Waals surface area contributed by atoms with Gasteiger partial charge in [-0.05, 0) is 6.07 Å². The summed E-state index contributed by atoms with van der Waals surface area (Å²) in [4.78, 5) is 13.0. The number of aromatic amines is 1. The van der Waals surface area contributed by atoms with Crippen LogP contribution in [0.15, 0.2) is 10.9 Å². The van der Waals surface area contributed by atoms with Gasteiger partial charge in [-0.15, -0.1) is 0 Å². The van der Waals surface area contributed by atoms with Gasteiger partial charge in [0.25, 0.3) is 12.0 Å². The van der Waals surface area contributed by atoms with Crippen LogP contribution in [0.1, 0.15) is 23.2 Å². The molecule has 4 nitrogen and oxygen atoms in total. The van der Waals surface area contributed by atoms with E-state index in [2.05, 4.69) is 0 Å². The molecule has 0 aliphatic rings. The highest BCUT2D eigenvalue weighted by molar-refractivity contribution is 5.36. The molecule has 0 spiro atoms. The van der Waals surface area contributed by atoms with Crippen molar-refractivity contribution in [1.29, 1.82) is 5.26 Å². The van der Waals surface area contributed by atoms with Crippen molar-refractivity contribution in [3.05, 3.63) is 33.2 Å². The van der Waals surface area contributed by atoms with Crippen molar-refractivity contribution >= 4 is 0 Å². The van der Waals surface area contributed by atoms with Crippen LogP contribution in [-0.4, -0.2) is 4.98 Å². The molecule has 3 N–H and O–H groups in total. The van der Waals surface area contributed by atoms with E-state index in [0.717, 1.165) is 6.07 Å². The quantitative estimate of drug-likeness (QED) is 0.733. The summed E-state index contributed by atoms with van der Waals surface area (Å²) in [5.74, 6) is 0. The molecule has 1 heterocycles. The molecule has 0 atom stereocenters. The van der Waals surface area contributed by atoms with Gasteiger partial charge in [0.15, 0.2) is 0 Å². The van der Waals surface area contributed by atoms with Crippen LogP contribution in [0.4, 0.5) is 8.78 Å². The average molecular weight is 199 g/mol. The molecule has 0 bridgehead atoms. The molecule has 6 heteroatoms. The first kappa shape index (κ1) is 10.3. The Kier molecular flexibility index (Phi) is 2.94. The molecule has 0 saturated carbocycles. The van der Waals surface area contributed by atoms with E-state index in [-0.39, 0.29) is 17.7 Å². The molecule has 0 amide bonds. The van der Waals surface area contributed by atoms with Gasteiger partial charge in [0.2, 0.25) is 0 Å². The first-order chi connectivity index (χ1) is 6.60. The Balaban J connectivity index is 3.41. The van der Waals surface area contributed by atoms with Crippen LogP contribution >= 0.6 is 0 Å². The predicted molar refractivity (Wildman–Crippen MR) is 44.6 cm³/mol. The van der Waals surface area contributed by atoms with Gasteiger partial charge in [-0.1, -0.05) is 0 Å². The lowest BCUT2D eigenvalue weighted by atomic mass is 10.1. The lowest BCUT2D eigenvalue weighted by molar-refractivity contribution is 0.145.